The molecule has 2 aromatic rings. The highest BCUT2D eigenvalue weighted by Gasteiger charge is 2.24. The van der Waals surface area contributed by atoms with Crippen LogP contribution in [0, 0.1) is 0 Å². The predicted molar refractivity (Wildman–Crippen MR) is 114 cm³/mol. The number of carbonyl (C=O) groups excluding carboxylic acids is 2. The van der Waals surface area contributed by atoms with E-state index in [0.29, 0.717) is 6.54 Å². The minimum atomic E-state index is -3.70. The first-order chi connectivity index (χ1) is 13.9. The van der Waals surface area contributed by atoms with Crippen molar-refractivity contribution in [1.82, 2.24) is 9.62 Å². The van der Waals surface area contributed by atoms with Crippen LogP contribution in [-0.2, 0) is 26.1 Å². The minimum absolute atomic E-state index is 0.0423. The van der Waals surface area contributed by atoms with Gasteiger partial charge < -0.3 is 9.64 Å². The van der Waals surface area contributed by atoms with E-state index >= 15 is 0 Å². The van der Waals surface area contributed by atoms with Crippen LogP contribution >= 0.6 is 0 Å². The van der Waals surface area contributed by atoms with E-state index in [9.17, 15) is 18.0 Å². The highest BCUT2D eigenvalue weighted by Crippen LogP contribution is 2.15. The number of ether oxygens (including phenoxy) is 1. The summed E-state index contributed by atoms with van der Waals surface area (Å²) in [5.74, 6) is -1.03. The highest BCUT2D eigenvalue weighted by molar-refractivity contribution is 7.89. The molecule has 0 unspecified atom stereocenters. The molecule has 0 fully saturated rings. The van der Waals surface area contributed by atoms with Crippen molar-refractivity contribution in [3.63, 3.8) is 0 Å². The smallest absolute Gasteiger partial charge is 0.338 e. The van der Waals surface area contributed by atoms with Crippen LogP contribution in [0.15, 0.2) is 59.5 Å². The number of nitrogens with zero attached hydrogens (tertiary/aromatic N) is 1. The summed E-state index contributed by atoms with van der Waals surface area (Å²) in [6, 6.07) is 14.9. The van der Waals surface area contributed by atoms with Crippen molar-refractivity contribution in [1.29, 1.82) is 0 Å². The summed E-state index contributed by atoms with van der Waals surface area (Å²) < 4.78 is 32.5. The first-order valence-corrected chi connectivity index (χ1v) is 11.0. The molecule has 1 amide bonds. The molecule has 1 N–H and O–H groups in total. The second-order valence-corrected chi connectivity index (χ2v) is 9.79. The molecule has 0 saturated carbocycles. The van der Waals surface area contributed by atoms with E-state index in [1.54, 1.807) is 27.8 Å². The quantitative estimate of drug-likeness (QED) is 0.679. The van der Waals surface area contributed by atoms with Crippen LogP contribution in [0.25, 0.3) is 0 Å². The van der Waals surface area contributed by atoms with Crippen LogP contribution in [0.2, 0.25) is 0 Å². The third kappa shape index (κ3) is 6.67. The van der Waals surface area contributed by atoms with Gasteiger partial charge in [-0.15, -0.1) is 0 Å². The Labute approximate surface area is 178 Å². The molecule has 30 heavy (non-hydrogen) atoms. The zero-order chi connectivity index (χ0) is 22.5. The molecule has 0 aliphatic rings. The van der Waals surface area contributed by atoms with E-state index in [4.69, 9.17) is 4.74 Å². The number of amides is 1. The van der Waals surface area contributed by atoms with Crippen molar-refractivity contribution in [2.45, 2.75) is 50.8 Å². The van der Waals surface area contributed by atoms with E-state index in [1.807, 2.05) is 30.3 Å². The lowest BCUT2D eigenvalue weighted by atomic mass is 10.1. The van der Waals surface area contributed by atoms with Crippen molar-refractivity contribution < 1.29 is 22.7 Å². The Balaban J connectivity index is 2.00. The molecule has 0 bridgehead atoms. The fourth-order valence-electron chi connectivity index (χ4n) is 2.76. The Morgan fingerprint density at radius 1 is 1.03 bits per heavy atom. The number of carbonyl (C=O) groups is 2. The van der Waals surface area contributed by atoms with Crippen LogP contribution < -0.4 is 4.72 Å². The van der Waals surface area contributed by atoms with Crippen LogP contribution in [0.1, 0.15) is 43.6 Å². The topological polar surface area (TPSA) is 92.8 Å². The summed E-state index contributed by atoms with van der Waals surface area (Å²) in [5, 5.41) is 0. The molecule has 1 atom stereocenters. The van der Waals surface area contributed by atoms with Gasteiger partial charge in [0.25, 0.3) is 5.91 Å². The number of benzene rings is 2. The first-order valence-electron chi connectivity index (χ1n) is 9.53. The number of sulfonamides is 1. The minimum Gasteiger partial charge on any atom is -0.449 e. The van der Waals surface area contributed by atoms with Crippen LogP contribution in [0.4, 0.5) is 0 Å². The maximum absolute atomic E-state index is 12.5. The lowest BCUT2D eigenvalue weighted by Gasteiger charge is -2.22. The molecule has 0 aliphatic carbocycles. The number of hydrogen-bond acceptors (Lipinski definition) is 5. The Hall–Kier alpha value is -2.71. The summed E-state index contributed by atoms with van der Waals surface area (Å²) in [4.78, 5) is 26.4. The Morgan fingerprint density at radius 2 is 1.60 bits per heavy atom. The standard InChI is InChI=1S/C22H28N2O5S/c1-16(20(25)24(5)15-17-9-7-6-8-10-17)29-21(26)18-11-13-19(14-12-18)30(27,28)23-22(2,3)4/h6-14,16,23H,15H2,1-5H3/t16-/m0/s1. The Kier molecular flexibility index (Phi) is 7.39. The monoisotopic (exact) mass is 432 g/mol. The SMILES string of the molecule is C[C@H](OC(=O)c1ccc(S(=O)(=O)NC(C)(C)C)cc1)C(=O)N(C)Cc1ccccc1. The van der Waals surface area contributed by atoms with E-state index in [1.165, 1.54) is 36.1 Å². The molecule has 0 heterocycles. The van der Waals surface area contributed by atoms with Crippen molar-refractivity contribution in [3.8, 4) is 0 Å². The van der Waals surface area contributed by atoms with Gasteiger partial charge >= 0.3 is 5.97 Å². The molecule has 0 radical (unpaired) electrons. The third-order valence-electron chi connectivity index (χ3n) is 4.11. The zero-order valence-corrected chi connectivity index (χ0v) is 18.7. The second-order valence-electron chi connectivity index (χ2n) is 8.11. The summed E-state index contributed by atoms with van der Waals surface area (Å²) in [5.41, 5.74) is 0.500. The third-order valence-corrected chi connectivity index (χ3v) is 5.89. The average Bonchev–Trinajstić information content (AvgIpc) is 2.66. The van der Waals surface area contributed by atoms with Crippen molar-refractivity contribution in [2.75, 3.05) is 7.05 Å². The molecule has 2 rings (SSSR count). The normalized spacial score (nSPS) is 12.8. The molecular weight excluding hydrogens is 404 g/mol. The summed E-state index contributed by atoms with van der Waals surface area (Å²) in [7, 11) is -2.06. The molecule has 0 aromatic heterocycles. The van der Waals surface area contributed by atoms with E-state index in [2.05, 4.69) is 4.72 Å². The van der Waals surface area contributed by atoms with Gasteiger partial charge in [0, 0.05) is 19.1 Å². The predicted octanol–water partition coefficient (Wildman–Crippen LogP) is 2.97. The fraction of sp³-hybridized carbons (Fsp3) is 0.364. The molecule has 0 aliphatic heterocycles. The van der Waals surface area contributed by atoms with Gasteiger partial charge in [-0.2, -0.15) is 0 Å². The van der Waals surface area contributed by atoms with Crippen LogP contribution in [0.3, 0.4) is 0 Å². The van der Waals surface area contributed by atoms with Gasteiger partial charge in [-0.05, 0) is 57.5 Å². The molecule has 8 heteroatoms. The maximum atomic E-state index is 12.5. The van der Waals surface area contributed by atoms with Gasteiger partial charge in [0.2, 0.25) is 10.0 Å². The van der Waals surface area contributed by atoms with E-state index in [-0.39, 0.29) is 16.4 Å². The highest BCUT2D eigenvalue weighted by atomic mass is 32.2. The number of esters is 1. The van der Waals surface area contributed by atoms with Crippen molar-refractivity contribution in [3.05, 3.63) is 65.7 Å². The molecule has 162 valence electrons. The van der Waals surface area contributed by atoms with Crippen molar-refractivity contribution >= 4 is 21.9 Å². The number of rotatable bonds is 7. The lowest BCUT2D eigenvalue weighted by Crippen LogP contribution is -2.40. The number of likely N-dealkylation sites (N-methyl/N-ethyl adjacent to an activating group) is 1. The van der Waals surface area contributed by atoms with Crippen LogP contribution in [-0.4, -0.2) is 43.9 Å². The maximum Gasteiger partial charge on any atom is 0.338 e. The van der Waals surface area contributed by atoms with Gasteiger partial charge in [0.15, 0.2) is 6.10 Å². The molecule has 0 saturated heterocycles. The largest absolute Gasteiger partial charge is 0.449 e. The molecule has 2 aromatic carbocycles. The van der Waals surface area contributed by atoms with Gasteiger partial charge in [-0.3, -0.25) is 4.79 Å². The first kappa shape index (κ1) is 23.6. The zero-order valence-electron chi connectivity index (χ0n) is 17.9. The summed E-state index contributed by atoms with van der Waals surface area (Å²) in [6.45, 7) is 7.12. The van der Waals surface area contributed by atoms with Crippen molar-refractivity contribution in [2.24, 2.45) is 0 Å². The number of nitrogens with one attached hydrogen (secondary N) is 1. The van der Waals surface area contributed by atoms with Gasteiger partial charge in [-0.25, -0.2) is 17.9 Å². The molecular formula is C22H28N2O5S. The molecule has 0 spiro atoms. The Morgan fingerprint density at radius 3 is 2.13 bits per heavy atom. The van der Waals surface area contributed by atoms with E-state index < -0.39 is 27.6 Å². The van der Waals surface area contributed by atoms with Gasteiger partial charge in [0.05, 0.1) is 10.5 Å². The fourth-order valence-corrected chi connectivity index (χ4v) is 4.18. The van der Waals surface area contributed by atoms with Gasteiger partial charge in [-0.1, -0.05) is 30.3 Å². The average molecular weight is 433 g/mol. The summed E-state index contributed by atoms with van der Waals surface area (Å²) >= 11 is 0. The van der Waals surface area contributed by atoms with Crippen LogP contribution in [0.5, 0.6) is 0 Å². The van der Waals surface area contributed by atoms with Gasteiger partial charge in [0.1, 0.15) is 0 Å². The lowest BCUT2D eigenvalue weighted by molar-refractivity contribution is -0.139. The second kappa shape index (κ2) is 9.40. The number of hydrogen-bond donors (Lipinski definition) is 1. The summed E-state index contributed by atoms with van der Waals surface area (Å²) in [6.07, 6.45) is -0.975. The molecule has 7 nitrogen and oxygen atoms in total. The van der Waals surface area contributed by atoms with E-state index in [0.717, 1.165) is 5.56 Å². The Bertz CT molecular complexity index is 980.